The normalized spacial score (nSPS) is 21.8. The van der Waals surface area contributed by atoms with Crippen LogP contribution in [0.3, 0.4) is 0 Å². The van der Waals surface area contributed by atoms with Gasteiger partial charge >= 0.3 is 6.03 Å². The molecule has 1 aliphatic rings. The summed E-state index contributed by atoms with van der Waals surface area (Å²) in [6.45, 7) is 10.3. The quantitative estimate of drug-likeness (QED) is 0.876. The lowest BCUT2D eigenvalue weighted by Crippen LogP contribution is -2.42. The fourth-order valence-electron chi connectivity index (χ4n) is 2.86. The van der Waals surface area contributed by atoms with Gasteiger partial charge in [0.1, 0.15) is 0 Å². The predicted molar refractivity (Wildman–Crippen MR) is 83.4 cm³/mol. The molecule has 1 aliphatic heterocycles. The molecule has 0 spiro atoms. The van der Waals surface area contributed by atoms with Crippen LogP contribution in [0.25, 0.3) is 0 Å². The van der Waals surface area contributed by atoms with Gasteiger partial charge in [0.25, 0.3) is 0 Å². The first kappa shape index (κ1) is 16.8. The van der Waals surface area contributed by atoms with Crippen molar-refractivity contribution >= 4 is 6.03 Å². The van der Waals surface area contributed by atoms with E-state index in [0.717, 1.165) is 25.1 Å². The number of rotatable bonds is 5. The second-order valence-corrected chi connectivity index (χ2v) is 6.91. The second-order valence-electron chi connectivity index (χ2n) is 6.91. The van der Waals surface area contributed by atoms with Gasteiger partial charge in [0.05, 0.1) is 18.3 Å². The summed E-state index contributed by atoms with van der Waals surface area (Å²) in [4.78, 5) is 11.9. The van der Waals surface area contributed by atoms with Crippen LogP contribution in [0.4, 0.5) is 4.79 Å². The Balaban J connectivity index is 1.73. The lowest BCUT2D eigenvalue weighted by atomic mass is 9.81. The minimum absolute atomic E-state index is 0.0930. The first-order valence-corrected chi connectivity index (χ1v) is 7.98. The average Bonchev–Trinajstić information content (AvgIpc) is 3.10. The molecule has 2 N–H and O–H groups in total. The molecule has 6 heteroatoms. The Morgan fingerprint density at radius 1 is 1.41 bits per heavy atom. The van der Waals surface area contributed by atoms with Crippen LogP contribution in [0.15, 0.2) is 10.6 Å². The Bertz CT molecular complexity index is 493. The van der Waals surface area contributed by atoms with Gasteiger partial charge in [-0.15, -0.1) is 0 Å². The van der Waals surface area contributed by atoms with Crippen LogP contribution in [0.2, 0.25) is 0 Å². The van der Waals surface area contributed by atoms with Gasteiger partial charge in [-0.05, 0) is 18.3 Å². The predicted octanol–water partition coefficient (Wildman–Crippen LogP) is 2.49. The van der Waals surface area contributed by atoms with Crippen molar-refractivity contribution in [3.05, 3.63) is 17.5 Å². The number of ether oxygens (including phenoxy) is 1. The number of amides is 2. The molecule has 0 aromatic carbocycles. The van der Waals surface area contributed by atoms with Crippen LogP contribution in [0, 0.1) is 11.3 Å². The highest BCUT2D eigenvalue weighted by Crippen LogP contribution is 2.34. The molecular formula is C16H27N3O3. The summed E-state index contributed by atoms with van der Waals surface area (Å²) in [5.74, 6) is 1.03. The largest absolute Gasteiger partial charge is 0.377 e. The Morgan fingerprint density at radius 3 is 2.82 bits per heavy atom. The molecule has 1 aromatic heterocycles. The van der Waals surface area contributed by atoms with Crippen molar-refractivity contribution in [2.45, 2.75) is 53.2 Å². The van der Waals surface area contributed by atoms with Crippen molar-refractivity contribution in [2.24, 2.45) is 11.3 Å². The van der Waals surface area contributed by atoms with E-state index < -0.39 is 0 Å². The van der Waals surface area contributed by atoms with E-state index in [0.29, 0.717) is 24.8 Å². The van der Waals surface area contributed by atoms with E-state index in [1.807, 2.05) is 13.0 Å². The topological polar surface area (TPSA) is 76.4 Å². The summed E-state index contributed by atoms with van der Waals surface area (Å²) in [7, 11) is 0. The Hall–Kier alpha value is -1.56. The lowest BCUT2D eigenvalue weighted by molar-refractivity contribution is 0.00774. The van der Waals surface area contributed by atoms with E-state index in [4.69, 9.17) is 9.26 Å². The summed E-state index contributed by atoms with van der Waals surface area (Å²) < 4.78 is 10.9. The number of carbonyl (C=O) groups is 1. The molecule has 1 saturated heterocycles. The maximum Gasteiger partial charge on any atom is 0.315 e. The molecule has 1 aromatic rings. The van der Waals surface area contributed by atoms with Gasteiger partial charge in [-0.25, -0.2) is 4.79 Å². The van der Waals surface area contributed by atoms with Crippen molar-refractivity contribution in [3.8, 4) is 0 Å². The number of hydrogen-bond acceptors (Lipinski definition) is 4. The molecule has 0 aliphatic carbocycles. The van der Waals surface area contributed by atoms with E-state index in [1.165, 1.54) is 0 Å². The molecule has 6 nitrogen and oxygen atoms in total. The molecular weight excluding hydrogens is 282 g/mol. The minimum Gasteiger partial charge on any atom is -0.377 e. The summed E-state index contributed by atoms with van der Waals surface area (Å²) in [5, 5.41) is 9.61. The zero-order valence-corrected chi connectivity index (χ0v) is 13.9. The molecule has 0 radical (unpaired) electrons. The monoisotopic (exact) mass is 309 g/mol. The number of aryl methyl sites for hydroxylation is 1. The molecule has 1 fully saturated rings. The highest BCUT2D eigenvalue weighted by molar-refractivity contribution is 5.73. The zero-order valence-electron chi connectivity index (χ0n) is 13.9. The second kappa shape index (κ2) is 7.13. The van der Waals surface area contributed by atoms with Crippen molar-refractivity contribution in [1.29, 1.82) is 0 Å². The highest BCUT2D eigenvalue weighted by atomic mass is 16.5. The van der Waals surface area contributed by atoms with Crippen molar-refractivity contribution in [1.82, 2.24) is 15.8 Å². The van der Waals surface area contributed by atoms with E-state index in [9.17, 15) is 4.79 Å². The Morgan fingerprint density at radius 2 is 2.18 bits per heavy atom. The first-order valence-electron chi connectivity index (χ1n) is 7.98. The van der Waals surface area contributed by atoms with Crippen LogP contribution >= 0.6 is 0 Å². The molecule has 0 bridgehead atoms. The first-order chi connectivity index (χ1) is 10.4. The zero-order chi connectivity index (χ0) is 16.2. The van der Waals surface area contributed by atoms with Crippen molar-refractivity contribution in [2.75, 3.05) is 13.2 Å². The maximum atomic E-state index is 11.9. The number of urea groups is 1. The third-order valence-electron chi connectivity index (χ3n) is 3.99. The summed E-state index contributed by atoms with van der Waals surface area (Å²) in [6, 6.07) is 1.68. The van der Waals surface area contributed by atoms with Crippen molar-refractivity contribution < 1.29 is 14.1 Å². The molecule has 0 unspecified atom stereocenters. The number of aromatic nitrogens is 1. The number of nitrogens with one attached hydrogen (secondary N) is 2. The van der Waals surface area contributed by atoms with Gasteiger partial charge < -0.3 is 19.9 Å². The number of carbonyl (C=O) groups excluding carboxylic acids is 1. The molecule has 2 rings (SSSR count). The SMILES string of the molecule is CCc1cc(CNC(=O)NC[C@@H]2CCO[C@H]2C(C)(C)C)on1. The van der Waals surface area contributed by atoms with Crippen LogP contribution in [-0.4, -0.2) is 30.4 Å². The van der Waals surface area contributed by atoms with E-state index in [2.05, 4.69) is 36.6 Å². The smallest absolute Gasteiger partial charge is 0.315 e. The van der Waals surface area contributed by atoms with Crippen LogP contribution in [-0.2, 0) is 17.7 Å². The summed E-state index contributed by atoms with van der Waals surface area (Å²) in [5.41, 5.74) is 0.990. The highest BCUT2D eigenvalue weighted by Gasteiger charge is 2.37. The van der Waals surface area contributed by atoms with E-state index >= 15 is 0 Å². The molecule has 2 atom stereocenters. The summed E-state index contributed by atoms with van der Waals surface area (Å²) >= 11 is 0. The van der Waals surface area contributed by atoms with E-state index in [-0.39, 0.29) is 17.6 Å². The molecule has 124 valence electrons. The minimum atomic E-state index is -0.186. The lowest BCUT2D eigenvalue weighted by Gasteiger charge is -2.31. The van der Waals surface area contributed by atoms with Crippen LogP contribution < -0.4 is 10.6 Å². The summed E-state index contributed by atoms with van der Waals surface area (Å²) in [6.07, 6.45) is 2.00. The van der Waals surface area contributed by atoms with E-state index in [1.54, 1.807) is 0 Å². The maximum absolute atomic E-state index is 11.9. The number of nitrogens with zero attached hydrogens (tertiary/aromatic N) is 1. The van der Waals surface area contributed by atoms with Gasteiger partial charge in [0.2, 0.25) is 0 Å². The van der Waals surface area contributed by atoms with Gasteiger partial charge in [-0.3, -0.25) is 0 Å². The standard InChI is InChI=1S/C16H27N3O3/c1-5-12-8-13(22-19-12)10-18-15(20)17-9-11-6-7-21-14(11)16(2,3)4/h8,11,14H,5-7,9-10H2,1-4H3,(H2,17,18,20)/t11-,14+/m0/s1. The van der Waals surface area contributed by atoms with Gasteiger partial charge in [-0.2, -0.15) is 0 Å². The third-order valence-corrected chi connectivity index (χ3v) is 3.99. The number of hydrogen-bond donors (Lipinski definition) is 2. The molecule has 22 heavy (non-hydrogen) atoms. The van der Waals surface area contributed by atoms with Crippen LogP contribution in [0.1, 0.15) is 45.6 Å². The average molecular weight is 309 g/mol. The van der Waals surface area contributed by atoms with Gasteiger partial charge in [0, 0.05) is 25.1 Å². The molecule has 2 amide bonds. The van der Waals surface area contributed by atoms with Crippen molar-refractivity contribution in [3.63, 3.8) is 0 Å². The van der Waals surface area contributed by atoms with Crippen LogP contribution in [0.5, 0.6) is 0 Å². The third kappa shape index (κ3) is 4.47. The fourth-order valence-corrected chi connectivity index (χ4v) is 2.86. The molecule has 0 saturated carbocycles. The van der Waals surface area contributed by atoms with Gasteiger partial charge in [0.15, 0.2) is 5.76 Å². The Kier molecular flexibility index (Phi) is 5.45. The molecule has 2 heterocycles. The van der Waals surface area contributed by atoms with Gasteiger partial charge in [-0.1, -0.05) is 32.9 Å². The Labute approximate surface area is 132 Å². The fraction of sp³-hybridized carbons (Fsp3) is 0.750.